The number of nitrogens with one attached hydrogen (secondary N) is 1. The molecular weight excluding hydrogens is 226 g/mol. The first kappa shape index (κ1) is 8.82. The highest BCUT2D eigenvalue weighted by Crippen LogP contribution is 2.20. The Bertz CT molecular complexity index is 403. The van der Waals surface area contributed by atoms with Gasteiger partial charge >= 0.3 is 0 Å². The van der Waals surface area contributed by atoms with Crippen LogP contribution in [0.2, 0.25) is 0 Å². The Hall–Kier alpha value is -0.760. The van der Waals surface area contributed by atoms with Crippen LogP contribution in [0.4, 0.5) is 0 Å². The van der Waals surface area contributed by atoms with Gasteiger partial charge in [0.25, 0.3) is 0 Å². The first-order valence-electron chi connectivity index (χ1n) is 4.46. The summed E-state index contributed by atoms with van der Waals surface area (Å²) in [5, 5.41) is 1.34. The molecule has 0 fully saturated rings. The molecule has 0 saturated carbocycles. The lowest BCUT2D eigenvalue weighted by molar-refractivity contribution is 0.967. The van der Waals surface area contributed by atoms with Crippen LogP contribution in [0.3, 0.4) is 0 Å². The Morgan fingerprint density at radius 1 is 1.38 bits per heavy atom. The third kappa shape index (κ3) is 1.78. The molecule has 0 spiro atoms. The first-order chi connectivity index (χ1) is 6.27. The summed E-state index contributed by atoms with van der Waals surface area (Å²) in [5.41, 5.74) is 2.62. The SMILES string of the molecule is CC(Br)Cc1c[nH]c2ccccc12. The zero-order valence-electron chi connectivity index (χ0n) is 7.55. The molecule has 1 aromatic heterocycles. The molecule has 1 aromatic carbocycles. The largest absolute Gasteiger partial charge is 0.361 e. The van der Waals surface area contributed by atoms with E-state index in [0.717, 1.165) is 6.42 Å². The third-order valence-corrected chi connectivity index (χ3v) is 2.50. The van der Waals surface area contributed by atoms with Gasteiger partial charge in [-0.2, -0.15) is 0 Å². The Balaban J connectivity index is 2.46. The molecule has 1 heterocycles. The van der Waals surface area contributed by atoms with Gasteiger partial charge in [0.05, 0.1) is 0 Å². The predicted molar refractivity (Wildman–Crippen MR) is 60.4 cm³/mol. The van der Waals surface area contributed by atoms with Crippen molar-refractivity contribution in [1.29, 1.82) is 0 Å². The van der Waals surface area contributed by atoms with Crippen LogP contribution >= 0.6 is 15.9 Å². The van der Waals surface area contributed by atoms with Crippen molar-refractivity contribution >= 4 is 26.8 Å². The predicted octanol–water partition coefficient (Wildman–Crippen LogP) is 3.49. The zero-order chi connectivity index (χ0) is 9.26. The van der Waals surface area contributed by atoms with E-state index in [-0.39, 0.29) is 0 Å². The van der Waals surface area contributed by atoms with Crippen molar-refractivity contribution in [3.63, 3.8) is 0 Å². The quantitative estimate of drug-likeness (QED) is 0.771. The second-order valence-corrected chi connectivity index (χ2v) is 4.91. The molecule has 2 heteroatoms. The molecule has 2 rings (SSSR count). The third-order valence-electron chi connectivity index (χ3n) is 2.18. The standard InChI is InChI=1S/C11H12BrN/c1-8(12)6-9-7-13-11-5-3-2-4-10(9)11/h2-5,7-8,13H,6H2,1H3. The van der Waals surface area contributed by atoms with E-state index in [9.17, 15) is 0 Å². The van der Waals surface area contributed by atoms with Crippen LogP contribution in [-0.2, 0) is 6.42 Å². The summed E-state index contributed by atoms with van der Waals surface area (Å²) in [6.45, 7) is 2.17. The van der Waals surface area contributed by atoms with Crippen LogP contribution in [0.25, 0.3) is 10.9 Å². The number of benzene rings is 1. The Morgan fingerprint density at radius 3 is 2.92 bits per heavy atom. The molecule has 1 atom stereocenters. The summed E-state index contributed by atoms with van der Waals surface area (Å²) in [4.78, 5) is 3.81. The highest BCUT2D eigenvalue weighted by molar-refractivity contribution is 9.09. The van der Waals surface area contributed by atoms with E-state index in [4.69, 9.17) is 0 Å². The molecule has 0 radical (unpaired) electrons. The van der Waals surface area contributed by atoms with Gasteiger partial charge in [-0.05, 0) is 18.1 Å². The number of hydrogen-bond donors (Lipinski definition) is 1. The van der Waals surface area contributed by atoms with Gasteiger partial charge in [-0.3, -0.25) is 0 Å². The van der Waals surface area contributed by atoms with Crippen LogP contribution in [0, 0.1) is 0 Å². The van der Waals surface area contributed by atoms with Gasteiger partial charge in [0.15, 0.2) is 0 Å². The Labute approximate surface area is 86.3 Å². The fraction of sp³-hybridized carbons (Fsp3) is 0.273. The summed E-state index contributed by atoms with van der Waals surface area (Å²) in [6.07, 6.45) is 3.17. The minimum atomic E-state index is 0.534. The smallest absolute Gasteiger partial charge is 0.0456 e. The number of H-pyrrole nitrogens is 1. The lowest BCUT2D eigenvalue weighted by Crippen LogP contribution is -1.94. The normalized spacial score (nSPS) is 13.4. The van der Waals surface area contributed by atoms with E-state index in [0.29, 0.717) is 4.83 Å². The first-order valence-corrected chi connectivity index (χ1v) is 5.38. The highest BCUT2D eigenvalue weighted by Gasteiger charge is 2.04. The van der Waals surface area contributed by atoms with E-state index in [1.54, 1.807) is 0 Å². The monoisotopic (exact) mass is 237 g/mol. The Kier molecular flexibility index (Phi) is 2.40. The fourth-order valence-corrected chi connectivity index (χ4v) is 1.95. The van der Waals surface area contributed by atoms with Crippen molar-refractivity contribution in [2.45, 2.75) is 18.2 Å². The van der Waals surface area contributed by atoms with Gasteiger partial charge in [-0.1, -0.05) is 41.1 Å². The lowest BCUT2D eigenvalue weighted by atomic mass is 10.1. The summed E-state index contributed by atoms with van der Waals surface area (Å²) in [6, 6.07) is 8.41. The molecule has 0 aliphatic heterocycles. The van der Waals surface area contributed by atoms with E-state index in [1.165, 1.54) is 16.5 Å². The summed E-state index contributed by atoms with van der Waals surface area (Å²) < 4.78 is 0. The minimum Gasteiger partial charge on any atom is -0.361 e. The van der Waals surface area contributed by atoms with Gasteiger partial charge in [0, 0.05) is 21.9 Å². The van der Waals surface area contributed by atoms with Crippen LogP contribution < -0.4 is 0 Å². The van der Waals surface area contributed by atoms with Gasteiger partial charge in [0.2, 0.25) is 0 Å². The van der Waals surface area contributed by atoms with Gasteiger partial charge in [-0.25, -0.2) is 0 Å². The number of alkyl halides is 1. The lowest BCUT2D eigenvalue weighted by Gasteiger charge is -2.00. The molecule has 1 N–H and O–H groups in total. The number of fused-ring (bicyclic) bond motifs is 1. The maximum absolute atomic E-state index is 3.57. The second kappa shape index (κ2) is 3.54. The molecular formula is C11H12BrN. The number of rotatable bonds is 2. The average molecular weight is 238 g/mol. The van der Waals surface area contributed by atoms with Gasteiger partial charge in [0.1, 0.15) is 0 Å². The molecule has 13 heavy (non-hydrogen) atoms. The van der Waals surface area contributed by atoms with Gasteiger partial charge < -0.3 is 4.98 Å². The summed E-state index contributed by atoms with van der Waals surface area (Å²) >= 11 is 3.57. The minimum absolute atomic E-state index is 0.534. The van der Waals surface area contributed by atoms with Crippen LogP contribution in [0.1, 0.15) is 12.5 Å². The molecule has 0 saturated heterocycles. The van der Waals surface area contributed by atoms with E-state index >= 15 is 0 Å². The number of aromatic amines is 1. The molecule has 0 aliphatic carbocycles. The number of hydrogen-bond acceptors (Lipinski definition) is 0. The van der Waals surface area contributed by atoms with E-state index < -0.39 is 0 Å². The summed E-state index contributed by atoms with van der Waals surface area (Å²) in [7, 11) is 0. The van der Waals surface area contributed by atoms with E-state index in [1.807, 2.05) is 0 Å². The van der Waals surface area contributed by atoms with Crippen molar-refractivity contribution in [2.24, 2.45) is 0 Å². The highest BCUT2D eigenvalue weighted by atomic mass is 79.9. The number of aromatic nitrogens is 1. The molecule has 1 nitrogen and oxygen atoms in total. The van der Waals surface area contributed by atoms with Crippen molar-refractivity contribution in [3.8, 4) is 0 Å². The van der Waals surface area contributed by atoms with Crippen molar-refractivity contribution < 1.29 is 0 Å². The van der Waals surface area contributed by atoms with Crippen LogP contribution in [-0.4, -0.2) is 9.81 Å². The maximum Gasteiger partial charge on any atom is 0.0456 e. The van der Waals surface area contributed by atoms with Crippen LogP contribution in [0.15, 0.2) is 30.5 Å². The van der Waals surface area contributed by atoms with Crippen LogP contribution in [0.5, 0.6) is 0 Å². The molecule has 0 aliphatic rings. The molecule has 1 unspecified atom stereocenters. The Morgan fingerprint density at radius 2 is 2.15 bits per heavy atom. The molecule has 2 aromatic rings. The molecule has 68 valence electrons. The number of halogens is 1. The fourth-order valence-electron chi connectivity index (χ4n) is 1.60. The summed E-state index contributed by atoms with van der Waals surface area (Å²) in [5.74, 6) is 0. The molecule has 0 bridgehead atoms. The topological polar surface area (TPSA) is 15.8 Å². The second-order valence-electron chi connectivity index (χ2n) is 3.34. The van der Waals surface area contributed by atoms with Crippen molar-refractivity contribution in [3.05, 3.63) is 36.0 Å². The van der Waals surface area contributed by atoms with Crippen molar-refractivity contribution in [1.82, 2.24) is 4.98 Å². The van der Waals surface area contributed by atoms with Gasteiger partial charge in [-0.15, -0.1) is 0 Å². The average Bonchev–Trinajstić information content (AvgIpc) is 2.48. The van der Waals surface area contributed by atoms with Crippen molar-refractivity contribution in [2.75, 3.05) is 0 Å². The maximum atomic E-state index is 3.57. The number of para-hydroxylation sites is 1. The molecule has 0 amide bonds. The zero-order valence-corrected chi connectivity index (χ0v) is 9.14. The van der Waals surface area contributed by atoms with E-state index in [2.05, 4.69) is 58.3 Å².